The first kappa shape index (κ1) is 14.6. The van der Waals surface area contributed by atoms with E-state index in [0.717, 1.165) is 3.57 Å². The maximum Gasteiger partial charge on any atom is 0.387 e. The highest BCUT2D eigenvalue weighted by atomic mass is 127. The summed E-state index contributed by atoms with van der Waals surface area (Å²) in [4.78, 5) is 11.5. The molecule has 98 valence electrons. The molecule has 5 nitrogen and oxygen atoms in total. The molecule has 0 radical (unpaired) electrons. The largest absolute Gasteiger partial charge is 0.613 e. The van der Waals surface area contributed by atoms with Crippen molar-refractivity contribution in [1.82, 2.24) is 0 Å². The number of carbonyl (C=O) groups is 1. The summed E-state index contributed by atoms with van der Waals surface area (Å²) in [6, 6.07) is 7.24. The van der Waals surface area contributed by atoms with E-state index >= 15 is 0 Å². The molecule has 1 rings (SSSR count). The van der Waals surface area contributed by atoms with Crippen LogP contribution in [0.15, 0.2) is 33.8 Å². The maximum absolute atomic E-state index is 11.5. The van der Waals surface area contributed by atoms with Crippen LogP contribution < -0.4 is 31.0 Å². The van der Waals surface area contributed by atoms with Crippen molar-refractivity contribution in [2.24, 2.45) is 0 Å². The summed E-state index contributed by atoms with van der Waals surface area (Å²) in [5.74, 6) is -0.656. The van der Waals surface area contributed by atoms with Gasteiger partial charge in [-0.25, -0.2) is 4.79 Å². The molecule has 0 unspecified atom stereocenters. The van der Waals surface area contributed by atoms with Gasteiger partial charge in [0.25, 0.3) is 3.58 Å². The summed E-state index contributed by atoms with van der Waals surface area (Å²) in [5, 5.41) is 11.5. The molecule has 0 N–H and O–H groups in total. The minimum absolute atomic E-state index is 0.0447. The molecule has 0 saturated heterocycles. The monoisotopic (exact) mass is 364 g/mol. The summed E-state index contributed by atoms with van der Waals surface area (Å²) in [6.45, 7) is 0. The van der Waals surface area contributed by atoms with Crippen molar-refractivity contribution in [2.75, 3.05) is 21.3 Å². The number of esters is 1. The van der Waals surface area contributed by atoms with Gasteiger partial charge in [-0.15, -0.1) is 0 Å². The Bertz CT molecular complexity index is 456. The number of carbonyl (C=O) groups excluding carboxylic acids is 1. The van der Waals surface area contributed by atoms with E-state index in [1.807, 2.05) is 18.2 Å². The average Bonchev–Trinajstić information content (AvgIpc) is 2.43. The molecule has 0 fully saturated rings. The molecular weight excluding hydrogens is 351 g/mol. The molecule has 6 heteroatoms. The highest BCUT2D eigenvalue weighted by Crippen LogP contribution is 2.07. The molecule has 0 aromatic heterocycles. The second-order valence-electron chi connectivity index (χ2n) is 3.03. The van der Waals surface area contributed by atoms with Crippen molar-refractivity contribution < 1.29 is 45.3 Å². The Hall–Kier alpha value is -1.44. The van der Waals surface area contributed by atoms with Gasteiger partial charge < -0.3 is 19.3 Å². The molecule has 0 heterocycles. The van der Waals surface area contributed by atoms with Crippen LogP contribution >= 0.6 is 0 Å². The molecule has 0 amide bonds. The van der Waals surface area contributed by atoms with E-state index in [2.05, 4.69) is 9.47 Å². The topological polar surface area (TPSA) is 67.8 Å². The summed E-state index contributed by atoms with van der Waals surface area (Å²) in [5.41, 5.74) is 0. The Kier molecular flexibility index (Phi) is 5.76. The van der Waals surface area contributed by atoms with E-state index in [9.17, 15) is 9.90 Å². The normalized spacial score (nSPS) is 11.5. The fourth-order valence-electron chi connectivity index (χ4n) is 1.13. The molecule has 0 aliphatic carbocycles. The number of methoxy groups -OCH3 is 3. The van der Waals surface area contributed by atoms with Gasteiger partial charge in [-0.05, 0) is 19.2 Å². The highest BCUT2D eigenvalue weighted by Gasteiger charge is 2.32. The zero-order chi connectivity index (χ0) is 13.5. The highest BCUT2D eigenvalue weighted by molar-refractivity contribution is 5.85. The van der Waals surface area contributed by atoms with Crippen molar-refractivity contribution in [2.45, 2.75) is 0 Å². The molecule has 0 bridgehead atoms. The number of hydrogen-bond donors (Lipinski definition) is 0. The average molecular weight is 364 g/mol. The SMILES string of the molecule is COC(=O)/C([I+]c1ccccc1OC)=C(/[O-])OC. The Morgan fingerprint density at radius 3 is 2.39 bits per heavy atom. The number of halogens is 1. The first-order chi connectivity index (χ1) is 8.63. The smallest absolute Gasteiger partial charge is 0.387 e. The van der Waals surface area contributed by atoms with E-state index in [1.54, 1.807) is 13.2 Å². The van der Waals surface area contributed by atoms with Crippen molar-refractivity contribution in [3.63, 3.8) is 0 Å². The maximum atomic E-state index is 11.5. The van der Waals surface area contributed by atoms with Crippen LogP contribution in [0.3, 0.4) is 0 Å². The molecule has 18 heavy (non-hydrogen) atoms. The minimum Gasteiger partial charge on any atom is -0.613 e. The third-order valence-corrected chi connectivity index (χ3v) is 4.87. The molecule has 0 atom stereocenters. The lowest BCUT2D eigenvalue weighted by molar-refractivity contribution is -0.583. The number of para-hydroxylation sites is 1. The second-order valence-corrected chi connectivity index (χ2v) is 5.81. The van der Waals surface area contributed by atoms with Crippen LogP contribution in [0.2, 0.25) is 0 Å². The number of rotatable bonds is 5. The fraction of sp³-hybridized carbons (Fsp3) is 0.250. The fourth-order valence-corrected chi connectivity index (χ4v) is 3.64. The summed E-state index contributed by atoms with van der Waals surface area (Å²) >= 11 is -1.02. The van der Waals surface area contributed by atoms with Crippen LogP contribution in [0.1, 0.15) is 0 Å². The zero-order valence-electron chi connectivity index (χ0n) is 10.2. The van der Waals surface area contributed by atoms with Gasteiger partial charge in [0.2, 0.25) is 3.57 Å². The van der Waals surface area contributed by atoms with Crippen molar-refractivity contribution in [1.29, 1.82) is 0 Å². The van der Waals surface area contributed by atoms with Crippen LogP contribution in [-0.4, -0.2) is 27.3 Å². The predicted molar refractivity (Wildman–Crippen MR) is 57.7 cm³/mol. The van der Waals surface area contributed by atoms with Crippen molar-refractivity contribution >= 4 is 5.97 Å². The van der Waals surface area contributed by atoms with Crippen LogP contribution in [0.25, 0.3) is 0 Å². The predicted octanol–water partition coefficient (Wildman–Crippen LogP) is -2.70. The van der Waals surface area contributed by atoms with Gasteiger partial charge in [-0.3, -0.25) is 0 Å². The summed E-state index contributed by atoms with van der Waals surface area (Å²) in [7, 11) is 4.01. The van der Waals surface area contributed by atoms with E-state index < -0.39 is 33.1 Å². The molecular formula is C12H13IO5. The first-order valence-corrected chi connectivity index (χ1v) is 7.11. The number of ether oxygens (including phenoxy) is 3. The standard InChI is InChI=1S/C12H13IO5/c1-16-9-7-5-4-6-8(9)13-10(11(14)17-2)12(15)18-3/h4-7H,1-3H3. The van der Waals surface area contributed by atoms with Crippen LogP contribution in [0, 0.1) is 3.57 Å². The van der Waals surface area contributed by atoms with Crippen LogP contribution in [0.4, 0.5) is 0 Å². The molecule has 1 aromatic rings. The lowest BCUT2D eigenvalue weighted by Gasteiger charge is -2.07. The van der Waals surface area contributed by atoms with Gasteiger partial charge in [0.1, 0.15) is 5.95 Å². The number of benzene rings is 1. The third-order valence-electron chi connectivity index (χ3n) is 1.98. The van der Waals surface area contributed by atoms with Gasteiger partial charge in [0.15, 0.2) is 5.75 Å². The minimum atomic E-state index is -1.02. The van der Waals surface area contributed by atoms with E-state index in [-0.39, 0.29) is 3.58 Å². The molecule has 0 spiro atoms. The summed E-state index contributed by atoms with van der Waals surface area (Å²) in [6.07, 6.45) is 0. The lowest BCUT2D eigenvalue weighted by atomic mass is 10.3. The van der Waals surface area contributed by atoms with Crippen LogP contribution in [0.5, 0.6) is 5.75 Å². The number of hydrogen-bond acceptors (Lipinski definition) is 5. The van der Waals surface area contributed by atoms with E-state index in [0.29, 0.717) is 5.75 Å². The molecule has 0 saturated carbocycles. The zero-order valence-corrected chi connectivity index (χ0v) is 12.4. The van der Waals surface area contributed by atoms with Gasteiger partial charge in [-0.2, -0.15) is 0 Å². The first-order valence-electron chi connectivity index (χ1n) is 4.95. The quantitative estimate of drug-likeness (QED) is 0.246. The lowest BCUT2D eigenvalue weighted by Crippen LogP contribution is -3.61. The molecule has 1 aromatic carbocycles. The van der Waals surface area contributed by atoms with Crippen LogP contribution in [-0.2, 0) is 14.3 Å². The van der Waals surface area contributed by atoms with Gasteiger partial charge in [0, 0.05) is 0 Å². The van der Waals surface area contributed by atoms with E-state index in [4.69, 9.17) is 4.74 Å². The Labute approximate surface area is 116 Å². The third kappa shape index (κ3) is 3.52. The van der Waals surface area contributed by atoms with Gasteiger partial charge >= 0.3 is 27.2 Å². The molecule has 0 aliphatic rings. The molecule has 0 aliphatic heterocycles. The van der Waals surface area contributed by atoms with Crippen molar-refractivity contribution in [3.8, 4) is 5.75 Å². The van der Waals surface area contributed by atoms with Gasteiger partial charge in [0.05, 0.1) is 14.2 Å². The Morgan fingerprint density at radius 2 is 1.83 bits per heavy atom. The summed E-state index contributed by atoms with van der Waals surface area (Å²) < 4.78 is 15.2. The van der Waals surface area contributed by atoms with Gasteiger partial charge in [-0.1, -0.05) is 12.1 Å². The Balaban J connectivity index is 3.08. The Morgan fingerprint density at radius 1 is 1.17 bits per heavy atom. The van der Waals surface area contributed by atoms with Crippen molar-refractivity contribution in [3.05, 3.63) is 37.4 Å². The van der Waals surface area contributed by atoms with E-state index in [1.165, 1.54) is 14.2 Å². The second kappa shape index (κ2) is 7.10.